The van der Waals surface area contributed by atoms with Crippen LogP contribution in [0.15, 0.2) is 18.3 Å². The summed E-state index contributed by atoms with van der Waals surface area (Å²) in [5.41, 5.74) is 1.31. The van der Waals surface area contributed by atoms with Gasteiger partial charge in [0.15, 0.2) is 0 Å². The maximum Gasteiger partial charge on any atom is 0.125 e. The molecule has 3 nitrogen and oxygen atoms in total. The predicted octanol–water partition coefficient (Wildman–Crippen LogP) is 1.67. The van der Waals surface area contributed by atoms with Crippen LogP contribution < -0.4 is 5.32 Å². The number of nitrogens with one attached hydrogen (secondary N) is 1. The van der Waals surface area contributed by atoms with E-state index < -0.39 is 0 Å². The second-order valence-corrected chi connectivity index (χ2v) is 4.91. The molecule has 2 heterocycles. The highest BCUT2D eigenvalue weighted by atomic mass is 32.2. The lowest BCUT2D eigenvalue weighted by Crippen LogP contribution is -2.31. The normalized spacial score (nSPS) is 17.7. The average molecular weight is 223 g/mol. The fourth-order valence-electron chi connectivity index (χ4n) is 1.68. The van der Waals surface area contributed by atoms with E-state index >= 15 is 0 Å². The molecule has 0 bridgehead atoms. The van der Waals surface area contributed by atoms with Crippen LogP contribution in [-0.4, -0.2) is 41.5 Å². The summed E-state index contributed by atoms with van der Waals surface area (Å²) in [6.07, 6.45) is 1.97. The standard InChI is InChI=1S/C11H17N3S/c1-12-11-3-2-10(8-13-11)9-14-4-6-15-7-5-14/h2-3,8H,4-7,9H2,1H3,(H,12,13). The Hall–Kier alpha value is -0.740. The Morgan fingerprint density at radius 2 is 2.20 bits per heavy atom. The number of rotatable bonds is 3. The van der Waals surface area contributed by atoms with Gasteiger partial charge in [-0.1, -0.05) is 6.07 Å². The van der Waals surface area contributed by atoms with E-state index in [4.69, 9.17) is 0 Å². The van der Waals surface area contributed by atoms with Crippen molar-refractivity contribution >= 4 is 17.6 Å². The smallest absolute Gasteiger partial charge is 0.125 e. The number of thioether (sulfide) groups is 1. The first-order valence-corrected chi connectivity index (χ1v) is 6.47. The van der Waals surface area contributed by atoms with E-state index in [1.165, 1.54) is 30.2 Å². The third kappa shape index (κ3) is 3.11. The molecule has 0 radical (unpaired) electrons. The Morgan fingerprint density at radius 3 is 2.80 bits per heavy atom. The Kier molecular flexibility index (Phi) is 3.86. The maximum absolute atomic E-state index is 4.32. The molecule has 15 heavy (non-hydrogen) atoms. The zero-order valence-corrected chi connectivity index (χ0v) is 9.89. The molecule has 0 aliphatic carbocycles. The van der Waals surface area contributed by atoms with Crippen molar-refractivity contribution in [3.05, 3.63) is 23.9 Å². The van der Waals surface area contributed by atoms with Crippen molar-refractivity contribution in [1.29, 1.82) is 0 Å². The first kappa shape index (κ1) is 10.8. The van der Waals surface area contributed by atoms with Gasteiger partial charge in [0.2, 0.25) is 0 Å². The van der Waals surface area contributed by atoms with Crippen LogP contribution in [0, 0.1) is 0 Å². The molecule has 4 heteroatoms. The first-order chi connectivity index (χ1) is 7.38. The Bertz CT molecular complexity index is 293. The number of hydrogen-bond donors (Lipinski definition) is 1. The minimum atomic E-state index is 0.938. The number of anilines is 1. The summed E-state index contributed by atoms with van der Waals surface area (Å²) in [4.78, 5) is 6.81. The number of hydrogen-bond acceptors (Lipinski definition) is 4. The van der Waals surface area contributed by atoms with Crippen LogP contribution in [-0.2, 0) is 6.54 Å². The zero-order valence-electron chi connectivity index (χ0n) is 9.07. The van der Waals surface area contributed by atoms with Gasteiger partial charge < -0.3 is 5.32 Å². The molecule has 1 fully saturated rings. The van der Waals surface area contributed by atoms with Crippen LogP contribution in [0.3, 0.4) is 0 Å². The summed E-state index contributed by atoms with van der Waals surface area (Å²) in [6.45, 7) is 3.45. The van der Waals surface area contributed by atoms with Crippen LogP contribution in [0.2, 0.25) is 0 Å². The van der Waals surface area contributed by atoms with Crippen molar-refractivity contribution in [1.82, 2.24) is 9.88 Å². The minimum absolute atomic E-state index is 0.938. The first-order valence-electron chi connectivity index (χ1n) is 5.31. The molecule has 0 aromatic carbocycles. The van der Waals surface area contributed by atoms with Crippen LogP contribution in [0.5, 0.6) is 0 Å². The third-order valence-corrected chi connectivity index (χ3v) is 3.53. The van der Waals surface area contributed by atoms with Crippen molar-refractivity contribution in [2.75, 3.05) is 37.0 Å². The molecular formula is C11H17N3S. The van der Waals surface area contributed by atoms with Crippen molar-refractivity contribution in [2.24, 2.45) is 0 Å². The van der Waals surface area contributed by atoms with Crippen LogP contribution >= 0.6 is 11.8 Å². The fraction of sp³-hybridized carbons (Fsp3) is 0.545. The zero-order chi connectivity index (χ0) is 10.5. The van der Waals surface area contributed by atoms with E-state index in [2.05, 4.69) is 21.3 Å². The van der Waals surface area contributed by atoms with Crippen molar-refractivity contribution in [2.45, 2.75) is 6.54 Å². The highest BCUT2D eigenvalue weighted by molar-refractivity contribution is 7.99. The summed E-state index contributed by atoms with van der Waals surface area (Å²) in [5.74, 6) is 3.47. The SMILES string of the molecule is CNc1ccc(CN2CCSCC2)cn1. The van der Waals surface area contributed by atoms with Gasteiger partial charge in [-0.2, -0.15) is 11.8 Å². The van der Waals surface area contributed by atoms with Gasteiger partial charge in [0, 0.05) is 44.4 Å². The predicted molar refractivity (Wildman–Crippen MR) is 66.4 cm³/mol. The van der Waals surface area contributed by atoms with Gasteiger partial charge in [-0.05, 0) is 11.6 Å². The summed E-state index contributed by atoms with van der Waals surface area (Å²) >= 11 is 2.05. The molecule has 1 N–H and O–H groups in total. The molecule has 1 aromatic rings. The van der Waals surface area contributed by atoms with Gasteiger partial charge in [-0.15, -0.1) is 0 Å². The summed E-state index contributed by atoms with van der Waals surface area (Å²) in [5, 5.41) is 3.03. The molecule has 1 saturated heterocycles. The monoisotopic (exact) mass is 223 g/mol. The van der Waals surface area contributed by atoms with Crippen molar-refractivity contribution in [3.8, 4) is 0 Å². The van der Waals surface area contributed by atoms with E-state index in [-0.39, 0.29) is 0 Å². The Morgan fingerprint density at radius 1 is 1.40 bits per heavy atom. The van der Waals surface area contributed by atoms with Gasteiger partial charge in [0.05, 0.1) is 0 Å². The fourth-order valence-corrected chi connectivity index (χ4v) is 2.66. The van der Waals surface area contributed by atoms with E-state index in [0.717, 1.165) is 12.4 Å². The highest BCUT2D eigenvalue weighted by Crippen LogP contribution is 2.13. The molecular weight excluding hydrogens is 206 g/mol. The molecule has 0 unspecified atom stereocenters. The lowest BCUT2D eigenvalue weighted by Gasteiger charge is -2.25. The summed E-state index contributed by atoms with van der Waals surface area (Å²) < 4.78 is 0. The van der Waals surface area contributed by atoms with Crippen molar-refractivity contribution < 1.29 is 0 Å². The lowest BCUT2D eigenvalue weighted by atomic mass is 10.2. The Balaban J connectivity index is 1.91. The number of aromatic nitrogens is 1. The van der Waals surface area contributed by atoms with E-state index in [9.17, 15) is 0 Å². The maximum atomic E-state index is 4.32. The van der Waals surface area contributed by atoms with Crippen molar-refractivity contribution in [3.63, 3.8) is 0 Å². The second-order valence-electron chi connectivity index (χ2n) is 3.69. The van der Waals surface area contributed by atoms with Crippen LogP contribution in [0.25, 0.3) is 0 Å². The Labute approximate surface area is 95.3 Å². The molecule has 0 spiro atoms. The third-order valence-electron chi connectivity index (χ3n) is 2.59. The number of pyridine rings is 1. The van der Waals surface area contributed by atoms with E-state index in [1.807, 2.05) is 31.1 Å². The largest absolute Gasteiger partial charge is 0.373 e. The molecule has 0 amide bonds. The van der Waals surface area contributed by atoms with Crippen LogP contribution in [0.1, 0.15) is 5.56 Å². The molecule has 0 atom stereocenters. The lowest BCUT2D eigenvalue weighted by molar-refractivity contribution is 0.294. The molecule has 1 aliphatic rings. The molecule has 82 valence electrons. The molecule has 0 saturated carbocycles. The van der Waals surface area contributed by atoms with Crippen LogP contribution in [0.4, 0.5) is 5.82 Å². The van der Waals surface area contributed by atoms with Gasteiger partial charge in [0.25, 0.3) is 0 Å². The topological polar surface area (TPSA) is 28.2 Å². The highest BCUT2D eigenvalue weighted by Gasteiger charge is 2.10. The van der Waals surface area contributed by atoms with Gasteiger partial charge >= 0.3 is 0 Å². The summed E-state index contributed by atoms with van der Waals surface area (Å²) in [6, 6.07) is 4.19. The molecule has 2 rings (SSSR count). The van der Waals surface area contributed by atoms with Gasteiger partial charge in [0.1, 0.15) is 5.82 Å². The van der Waals surface area contributed by atoms with E-state index in [1.54, 1.807) is 0 Å². The number of nitrogens with zero attached hydrogens (tertiary/aromatic N) is 2. The molecule has 1 aliphatic heterocycles. The minimum Gasteiger partial charge on any atom is -0.373 e. The summed E-state index contributed by atoms with van der Waals surface area (Å²) in [7, 11) is 1.89. The quantitative estimate of drug-likeness (QED) is 0.844. The average Bonchev–Trinajstić information content (AvgIpc) is 2.31. The van der Waals surface area contributed by atoms with E-state index in [0.29, 0.717) is 0 Å². The van der Waals surface area contributed by atoms with Gasteiger partial charge in [-0.25, -0.2) is 4.98 Å². The van der Waals surface area contributed by atoms with Gasteiger partial charge in [-0.3, -0.25) is 4.90 Å². The second kappa shape index (κ2) is 5.37. The molecule has 1 aromatic heterocycles.